The topological polar surface area (TPSA) is 12.0 Å². The van der Waals surface area contributed by atoms with E-state index in [0.717, 1.165) is 6.42 Å². The first-order chi connectivity index (χ1) is 13.9. The second-order valence-corrected chi connectivity index (χ2v) is 8.46. The zero-order valence-electron chi connectivity index (χ0n) is 19.7. The van der Waals surface area contributed by atoms with Crippen LogP contribution >= 0.6 is 0 Å². The van der Waals surface area contributed by atoms with Crippen LogP contribution < -0.4 is 5.32 Å². The van der Waals surface area contributed by atoms with Crippen molar-refractivity contribution in [2.45, 2.75) is 136 Å². The Hall–Kier alpha value is -0.560. The second-order valence-electron chi connectivity index (χ2n) is 8.46. The molecule has 0 spiro atoms. The molecule has 0 bridgehead atoms. The quantitative estimate of drug-likeness (QED) is 0.135. The van der Waals surface area contributed by atoms with Crippen LogP contribution in [0.25, 0.3) is 0 Å². The third-order valence-electron chi connectivity index (χ3n) is 5.51. The standard InChI is InChI=1S/C27H53N/c1-3-5-7-9-11-12-13-14-15-16-17-18-19-21-23-25-27-28-26-24-22-20-10-8-6-4-2/h11-12,14-15,28H,3-10,13,16-27H2,1-2H3. The number of allylic oxidation sites excluding steroid dienone is 4. The first-order valence-electron chi connectivity index (χ1n) is 12.9. The Morgan fingerprint density at radius 2 is 0.821 bits per heavy atom. The van der Waals surface area contributed by atoms with Gasteiger partial charge in [-0.05, 0) is 58.0 Å². The minimum atomic E-state index is 1.12. The summed E-state index contributed by atoms with van der Waals surface area (Å²) < 4.78 is 0. The molecule has 0 rings (SSSR count). The molecular weight excluding hydrogens is 338 g/mol. The molecule has 0 aliphatic rings. The number of hydrogen-bond donors (Lipinski definition) is 1. The smallest absolute Gasteiger partial charge is 0.00489 e. The zero-order valence-corrected chi connectivity index (χ0v) is 19.7. The van der Waals surface area contributed by atoms with Gasteiger partial charge in [-0.3, -0.25) is 0 Å². The minimum Gasteiger partial charge on any atom is -0.317 e. The van der Waals surface area contributed by atoms with Crippen LogP contribution in [0.2, 0.25) is 0 Å². The zero-order chi connectivity index (χ0) is 20.4. The van der Waals surface area contributed by atoms with Crippen molar-refractivity contribution in [3.05, 3.63) is 24.3 Å². The normalized spacial score (nSPS) is 11.9. The average Bonchev–Trinajstić information content (AvgIpc) is 2.71. The summed E-state index contributed by atoms with van der Waals surface area (Å²) in [7, 11) is 0. The summed E-state index contributed by atoms with van der Waals surface area (Å²) in [6, 6.07) is 0. The maximum atomic E-state index is 3.62. The van der Waals surface area contributed by atoms with Crippen LogP contribution in [0.15, 0.2) is 24.3 Å². The molecule has 1 nitrogen and oxygen atoms in total. The van der Waals surface area contributed by atoms with Crippen molar-refractivity contribution in [1.82, 2.24) is 5.32 Å². The monoisotopic (exact) mass is 391 g/mol. The number of rotatable bonds is 23. The van der Waals surface area contributed by atoms with Gasteiger partial charge in [0, 0.05) is 0 Å². The summed E-state index contributed by atoms with van der Waals surface area (Å²) in [4.78, 5) is 0. The fraction of sp³-hybridized carbons (Fsp3) is 0.852. The second kappa shape index (κ2) is 26.4. The lowest BCUT2D eigenvalue weighted by atomic mass is 10.1. The van der Waals surface area contributed by atoms with E-state index in [9.17, 15) is 0 Å². The van der Waals surface area contributed by atoms with Crippen LogP contribution in [0.1, 0.15) is 136 Å². The molecule has 0 heterocycles. The molecule has 0 aliphatic carbocycles. The Labute approximate surface area is 178 Å². The van der Waals surface area contributed by atoms with E-state index in [1.54, 1.807) is 0 Å². The van der Waals surface area contributed by atoms with Gasteiger partial charge >= 0.3 is 0 Å². The van der Waals surface area contributed by atoms with Crippen molar-refractivity contribution in [2.75, 3.05) is 13.1 Å². The highest BCUT2D eigenvalue weighted by atomic mass is 14.8. The Balaban J connectivity index is 3.09. The molecule has 0 unspecified atom stereocenters. The van der Waals surface area contributed by atoms with Gasteiger partial charge in [-0.2, -0.15) is 0 Å². The van der Waals surface area contributed by atoms with Crippen molar-refractivity contribution < 1.29 is 0 Å². The molecule has 0 radical (unpaired) electrons. The maximum absolute atomic E-state index is 3.62. The van der Waals surface area contributed by atoms with Crippen molar-refractivity contribution in [2.24, 2.45) is 0 Å². The molecular formula is C27H53N. The van der Waals surface area contributed by atoms with E-state index in [1.165, 1.54) is 129 Å². The van der Waals surface area contributed by atoms with E-state index in [-0.39, 0.29) is 0 Å². The lowest BCUT2D eigenvalue weighted by Gasteiger charge is -2.05. The van der Waals surface area contributed by atoms with Crippen LogP contribution in [0.5, 0.6) is 0 Å². The number of nitrogens with one attached hydrogen (secondary N) is 1. The summed E-state index contributed by atoms with van der Waals surface area (Å²) in [5.41, 5.74) is 0. The molecule has 0 aromatic rings. The molecule has 28 heavy (non-hydrogen) atoms. The molecule has 0 fully saturated rings. The van der Waals surface area contributed by atoms with E-state index in [0.29, 0.717) is 0 Å². The molecule has 0 saturated carbocycles. The highest BCUT2D eigenvalue weighted by Gasteiger charge is 1.93. The van der Waals surface area contributed by atoms with Crippen molar-refractivity contribution >= 4 is 0 Å². The Morgan fingerprint density at radius 3 is 1.36 bits per heavy atom. The van der Waals surface area contributed by atoms with Gasteiger partial charge < -0.3 is 5.32 Å². The Bertz CT molecular complexity index is 318. The lowest BCUT2D eigenvalue weighted by Crippen LogP contribution is -2.16. The molecule has 0 saturated heterocycles. The predicted molar refractivity (Wildman–Crippen MR) is 130 cm³/mol. The summed E-state index contributed by atoms with van der Waals surface area (Å²) in [5.74, 6) is 0. The fourth-order valence-corrected chi connectivity index (χ4v) is 3.57. The summed E-state index contributed by atoms with van der Waals surface area (Å²) in [5, 5.41) is 3.62. The van der Waals surface area contributed by atoms with Gasteiger partial charge in [0.05, 0.1) is 0 Å². The maximum Gasteiger partial charge on any atom is -0.00489 e. The SMILES string of the molecule is CCCCCC=CCC=CCCCCCCCCNCCCCCCCCC. The Kier molecular flexibility index (Phi) is 25.9. The van der Waals surface area contributed by atoms with E-state index in [4.69, 9.17) is 0 Å². The minimum absolute atomic E-state index is 1.12. The lowest BCUT2D eigenvalue weighted by molar-refractivity contribution is 0.538. The van der Waals surface area contributed by atoms with Gasteiger partial charge in [0.1, 0.15) is 0 Å². The molecule has 0 aliphatic heterocycles. The first kappa shape index (κ1) is 27.4. The highest BCUT2D eigenvalue weighted by molar-refractivity contribution is 4.92. The number of unbranched alkanes of at least 4 members (excludes halogenated alkanes) is 15. The molecule has 0 atom stereocenters. The highest BCUT2D eigenvalue weighted by Crippen LogP contribution is 2.08. The fourth-order valence-electron chi connectivity index (χ4n) is 3.57. The van der Waals surface area contributed by atoms with Crippen LogP contribution in [0.4, 0.5) is 0 Å². The van der Waals surface area contributed by atoms with Gasteiger partial charge in [-0.1, -0.05) is 115 Å². The van der Waals surface area contributed by atoms with Gasteiger partial charge in [0.2, 0.25) is 0 Å². The van der Waals surface area contributed by atoms with Gasteiger partial charge in [0.15, 0.2) is 0 Å². The van der Waals surface area contributed by atoms with Crippen LogP contribution in [0.3, 0.4) is 0 Å². The van der Waals surface area contributed by atoms with Crippen molar-refractivity contribution in [3.63, 3.8) is 0 Å². The van der Waals surface area contributed by atoms with Crippen molar-refractivity contribution in [1.29, 1.82) is 0 Å². The van der Waals surface area contributed by atoms with E-state index in [1.807, 2.05) is 0 Å². The van der Waals surface area contributed by atoms with Gasteiger partial charge in [-0.25, -0.2) is 0 Å². The summed E-state index contributed by atoms with van der Waals surface area (Å²) >= 11 is 0. The van der Waals surface area contributed by atoms with Crippen LogP contribution in [-0.4, -0.2) is 13.1 Å². The molecule has 0 aromatic carbocycles. The van der Waals surface area contributed by atoms with Crippen LogP contribution in [0, 0.1) is 0 Å². The molecule has 0 amide bonds. The third-order valence-corrected chi connectivity index (χ3v) is 5.51. The molecule has 1 N–H and O–H groups in total. The first-order valence-corrected chi connectivity index (χ1v) is 12.9. The average molecular weight is 392 g/mol. The Morgan fingerprint density at radius 1 is 0.429 bits per heavy atom. The molecule has 1 heteroatoms. The van der Waals surface area contributed by atoms with E-state index >= 15 is 0 Å². The van der Waals surface area contributed by atoms with Crippen molar-refractivity contribution in [3.8, 4) is 0 Å². The van der Waals surface area contributed by atoms with E-state index in [2.05, 4.69) is 43.5 Å². The van der Waals surface area contributed by atoms with Gasteiger partial charge in [0.25, 0.3) is 0 Å². The molecule has 166 valence electrons. The summed E-state index contributed by atoms with van der Waals surface area (Å²) in [6.07, 6.45) is 35.4. The van der Waals surface area contributed by atoms with E-state index < -0.39 is 0 Å². The van der Waals surface area contributed by atoms with Crippen LogP contribution in [-0.2, 0) is 0 Å². The third kappa shape index (κ3) is 25.4. The largest absolute Gasteiger partial charge is 0.317 e. The van der Waals surface area contributed by atoms with Gasteiger partial charge in [-0.15, -0.1) is 0 Å². The number of hydrogen-bond acceptors (Lipinski definition) is 1. The molecule has 0 aromatic heterocycles. The predicted octanol–water partition coefficient (Wildman–Crippen LogP) is 9.14. The summed E-state index contributed by atoms with van der Waals surface area (Å²) in [6.45, 7) is 7.01.